The number of ether oxygens (including phenoxy) is 2. The van der Waals surface area contributed by atoms with E-state index in [9.17, 15) is 19.8 Å². The number of carbonyl (C=O) groups excluding carboxylic acids is 2. The Balaban J connectivity index is 2.15. The van der Waals surface area contributed by atoms with Gasteiger partial charge in [-0.2, -0.15) is 0 Å². The summed E-state index contributed by atoms with van der Waals surface area (Å²) in [4.78, 5) is 36.2. The molecule has 1 unspecified atom stereocenters. The summed E-state index contributed by atoms with van der Waals surface area (Å²) in [6.07, 6.45) is -2.01. The van der Waals surface area contributed by atoms with Crippen LogP contribution in [0.5, 0.6) is 5.75 Å². The van der Waals surface area contributed by atoms with Crippen LogP contribution in [0.25, 0.3) is 0 Å². The molecule has 6 N–H and O–H groups in total. The zero-order chi connectivity index (χ0) is 29.9. The van der Waals surface area contributed by atoms with Crippen LogP contribution in [0.2, 0.25) is 0 Å². The van der Waals surface area contributed by atoms with Gasteiger partial charge in [0.05, 0.1) is 42.7 Å². The van der Waals surface area contributed by atoms with Gasteiger partial charge in [0.1, 0.15) is 12.4 Å². The zero-order valence-electron chi connectivity index (χ0n) is 23.0. The summed E-state index contributed by atoms with van der Waals surface area (Å²) in [6, 6.07) is 5.32. The Morgan fingerprint density at radius 3 is 2.15 bits per heavy atom. The second-order valence-electron chi connectivity index (χ2n) is 10.4. The van der Waals surface area contributed by atoms with E-state index in [0.29, 0.717) is 5.75 Å². The van der Waals surface area contributed by atoms with E-state index in [2.05, 4.69) is 9.68 Å². The lowest BCUT2D eigenvalue weighted by Gasteiger charge is -2.38. The van der Waals surface area contributed by atoms with Crippen LogP contribution in [0.15, 0.2) is 18.2 Å². The number of rotatable bonds is 16. The molecular weight excluding hydrogens is 534 g/mol. The minimum Gasteiger partial charge on any atom is -0.489 e. The van der Waals surface area contributed by atoms with Crippen LogP contribution in [-0.4, -0.2) is 109 Å². The number of aliphatic hydroxyl groups excluding tert-OH is 2. The first-order valence-corrected chi connectivity index (χ1v) is 13.0. The predicted octanol–water partition coefficient (Wildman–Crippen LogP) is 1.01. The van der Waals surface area contributed by atoms with Crippen molar-refractivity contribution in [2.45, 2.75) is 83.1 Å². The molecule has 40 heavy (non-hydrogen) atoms. The number of hydrogen-bond acceptors (Lipinski definition) is 14. The van der Waals surface area contributed by atoms with Gasteiger partial charge in [-0.15, -0.1) is 0 Å². The first kappa shape index (κ1) is 33.8. The number of carbonyl (C=O) groups is 2. The van der Waals surface area contributed by atoms with Crippen LogP contribution < -0.4 is 4.74 Å². The third kappa shape index (κ3) is 11.6. The van der Waals surface area contributed by atoms with Gasteiger partial charge in [-0.3, -0.25) is 40.1 Å². The summed E-state index contributed by atoms with van der Waals surface area (Å²) in [5.41, 5.74) is 0.906. The van der Waals surface area contributed by atoms with Crippen molar-refractivity contribution in [2.75, 3.05) is 26.4 Å². The summed E-state index contributed by atoms with van der Waals surface area (Å²) in [5, 5.41) is 53.9. The molecule has 0 bridgehead atoms. The molecule has 0 fully saturated rings. The molecule has 228 valence electrons. The van der Waals surface area contributed by atoms with Gasteiger partial charge in [0.25, 0.3) is 0 Å². The van der Waals surface area contributed by atoms with Crippen molar-refractivity contribution >= 4 is 11.9 Å². The highest BCUT2D eigenvalue weighted by Gasteiger charge is 2.32. The number of benzene rings is 1. The lowest BCUT2D eigenvalue weighted by Crippen LogP contribution is -2.51. The van der Waals surface area contributed by atoms with E-state index in [1.165, 1.54) is 4.90 Å². The third-order valence-electron chi connectivity index (χ3n) is 6.21. The van der Waals surface area contributed by atoms with Crippen molar-refractivity contribution in [1.82, 2.24) is 15.7 Å². The fourth-order valence-corrected chi connectivity index (χ4v) is 4.25. The fourth-order valence-electron chi connectivity index (χ4n) is 4.25. The Morgan fingerprint density at radius 2 is 1.55 bits per heavy atom. The standard InChI is InChI=1S/C25H41N3O12/c1-25(2,3)26(23(31)9-5-11-38-27(33)34)15-18(40-24(32)10-6-12-39-28(35)36)16-37-22-8-4-7-17-13-20(29)21(30)14-19(17)22/h4,7-8,18,20-21,29-30,33-36H,5-6,9-16H2,1-3H3/t18?,20-,21+/m0/s1. The van der Waals surface area contributed by atoms with Gasteiger partial charge in [-0.1, -0.05) is 12.1 Å². The van der Waals surface area contributed by atoms with Crippen molar-refractivity contribution in [3.05, 3.63) is 29.3 Å². The molecule has 1 aromatic rings. The normalized spacial score (nSPS) is 18.0. The summed E-state index contributed by atoms with van der Waals surface area (Å²) in [5.74, 6) is -0.436. The average Bonchev–Trinajstić information content (AvgIpc) is 2.85. The molecule has 15 nitrogen and oxygen atoms in total. The van der Waals surface area contributed by atoms with Crippen LogP contribution in [0.4, 0.5) is 0 Å². The second kappa shape index (κ2) is 16.1. The second-order valence-corrected chi connectivity index (χ2v) is 10.4. The minimum atomic E-state index is -0.941. The van der Waals surface area contributed by atoms with Crippen LogP contribution in [-0.2, 0) is 36.8 Å². The zero-order valence-corrected chi connectivity index (χ0v) is 23.0. The molecule has 0 spiro atoms. The highest BCUT2D eigenvalue weighted by Crippen LogP contribution is 2.30. The predicted molar refractivity (Wildman–Crippen MR) is 134 cm³/mol. The Kier molecular flexibility index (Phi) is 13.6. The van der Waals surface area contributed by atoms with Crippen LogP contribution in [0, 0.1) is 0 Å². The van der Waals surface area contributed by atoms with Crippen molar-refractivity contribution in [3.8, 4) is 5.75 Å². The minimum absolute atomic E-state index is 0.0189. The quantitative estimate of drug-likeness (QED) is 0.0926. The number of esters is 1. The highest BCUT2D eigenvalue weighted by atomic mass is 17.1. The average molecular weight is 576 g/mol. The SMILES string of the molecule is CC(C)(C)N(CC(COc1cccc2c1C[C@@H](O)[C@@H](O)C2)OC(=O)CCCON(O)O)C(=O)CCCON(O)O. The van der Waals surface area contributed by atoms with Gasteiger partial charge in [0.15, 0.2) is 6.10 Å². The van der Waals surface area contributed by atoms with E-state index >= 15 is 0 Å². The van der Waals surface area contributed by atoms with Gasteiger partial charge >= 0.3 is 5.97 Å². The Hall–Kier alpha value is -2.44. The Bertz CT molecular complexity index is 940. The number of nitrogens with zero attached hydrogens (tertiary/aromatic N) is 3. The maximum absolute atomic E-state index is 13.1. The molecule has 1 amide bonds. The molecule has 1 aliphatic carbocycles. The van der Waals surface area contributed by atoms with Gasteiger partial charge < -0.3 is 24.6 Å². The molecule has 0 saturated heterocycles. The lowest BCUT2D eigenvalue weighted by molar-refractivity contribution is -0.492. The molecule has 15 heteroatoms. The first-order chi connectivity index (χ1) is 18.8. The third-order valence-corrected chi connectivity index (χ3v) is 6.21. The number of aliphatic hydroxyl groups is 2. The van der Waals surface area contributed by atoms with Crippen molar-refractivity contribution in [3.63, 3.8) is 0 Å². The molecular formula is C25H41N3O12. The van der Waals surface area contributed by atoms with Gasteiger partial charge in [0, 0.05) is 36.8 Å². The van der Waals surface area contributed by atoms with Gasteiger partial charge in [-0.05, 0) is 45.2 Å². The molecule has 0 radical (unpaired) electrons. The molecule has 0 aromatic heterocycles. The summed E-state index contributed by atoms with van der Waals surface area (Å²) < 4.78 is 11.7. The highest BCUT2D eigenvalue weighted by molar-refractivity contribution is 5.77. The summed E-state index contributed by atoms with van der Waals surface area (Å²) in [6.45, 7) is 5.05. The summed E-state index contributed by atoms with van der Waals surface area (Å²) in [7, 11) is 0. The van der Waals surface area contributed by atoms with E-state index in [1.807, 2.05) is 26.8 Å². The Labute approximate surface area is 232 Å². The number of hydrogen-bond donors (Lipinski definition) is 6. The molecule has 0 heterocycles. The van der Waals surface area contributed by atoms with Crippen LogP contribution in [0.3, 0.4) is 0 Å². The lowest BCUT2D eigenvalue weighted by atomic mass is 9.87. The maximum Gasteiger partial charge on any atom is 0.306 e. The molecule has 1 aromatic carbocycles. The molecule has 0 aliphatic heterocycles. The van der Waals surface area contributed by atoms with Crippen LogP contribution >= 0.6 is 0 Å². The van der Waals surface area contributed by atoms with E-state index in [-0.39, 0.29) is 70.8 Å². The monoisotopic (exact) mass is 575 g/mol. The van der Waals surface area contributed by atoms with E-state index in [1.54, 1.807) is 12.1 Å². The van der Waals surface area contributed by atoms with Crippen molar-refractivity contribution in [2.24, 2.45) is 0 Å². The molecule has 3 atom stereocenters. The largest absolute Gasteiger partial charge is 0.489 e. The molecule has 2 rings (SSSR count). The summed E-state index contributed by atoms with van der Waals surface area (Å²) >= 11 is 0. The topological polar surface area (TPSA) is 202 Å². The number of fused-ring (bicyclic) bond motifs is 1. The van der Waals surface area contributed by atoms with Crippen molar-refractivity contribution in [1.29, 1.82) is 0 Å². The van der Waals surface area contributed by atoms with Crippen LogP contribution in [0.1, 0.15) is 57.6 Å². The number of amides is 1. The van der Waals surface area contributed by atoms with E-state index in [0.717, 1.165) is 11.1 Å². The molecule has 0 saturated carbocycles. The van der Waals surface area contributed by atoms with Gasteiger partial charge in [-0.25, -0.2) is 0 Å². The van der Waals surface area contributed by atoms with Gasteiger partial charge in [0.2, 0.25) is 5.91 Å². The van der Waals surface area contributed by atoms with E-state index < -0.39 is 40.6 Å². The Morgan fingerprint density at radius 1 is 0.950 bits per heavy atom. The van der Waals surface area contributed by atoms with E-state index in [4.69, 9.17) is 30.3 Å². The maximum atomic E-state index is 13.1. The fraction of sp³-hybridized carbons (Fsp3) is 0.680. The smallest absolute Gasteiger partial charge is 0.306 e. The first-order valence-electron chi connectivity index (χ1n) is 13.0. The van der Waals surface area contributed by atoms with Crippen molar-refractivity contribution < 1.29 is 59.8 Å². The molecule has 1 aliphatic rings.